The van der Waals surface area contributed by atoms with Crippen molar-refractivity contribution in [1.29, 1.82) is 0 Å². The molecule has 1 fully saturated rings. The minimum Gasteiger partial charge on any atom is -0.394 e. The van der Waals surface area contributed by atoms with Gasteiger partial charge in [-0.1, -0.05) is 0 Å². The number of carbonyl (C=O) groups excluding carboxylic acids is 3. The third-order valence-electron chi connectivity index (χ3n) is 4.39. The first kappa shape index (κ1) is 25.2. The highest BCUT2D eigenvalue weighted by molar-refractivity contribution is 5.87. The molecular weight excluding hydrogens is 388 g/mol. The molecule has 0 saturated carbocycles. The molecule has 3 amide bonds. The summed E-state index contributed by atoms with van der Waals surface area (Å²) in [5.74, 6) is -1.48. The lowest BCUT2D eigenvalue weighted by atomic mass is 9.96. The van der Waals surface area contributed by atoms with Gasteiger partial charge in [-0.2, -0.15) is 0 Å². The molecule has 1 saturated heterocycles. The van der Waals surface area contributed by atoms with E-state index in [1.54, 1.807) is 0 Å². The van der Waals surface area contributed by atoms with Crippen molar-refractivity contribution in [2.24, 2.45) is 5.73 Å². The maximum Gasteiger partial charge on any atom is 0.245 e. The van der Waals surface area contributed by atoms with E-state index in [0.717, 1.165) is 0 Å². The van der Waals surface area contributed by atoms with Crippen LogP contribution in [0.5, 0.6) is 0 Å². The number of nitrogens with two attached hydrogens (primary N) is 1. The molecule has 12 heteroatoms. The zero-order valence-corrected chi connectivity index (χ0v) is 16.8. The fourth-order valence-electron chi connectivity index (χ4n) is 2.92. The summed E-state index contributed by atoms with van der Waals surface area (Å²) < 4.78 is 11.2. The number of nitrogens with one attached hydrogen (secondary N) is 3. The van der Waals surface area contributed by atoms with Crippen LogP contribution in [-0.2, 0) is 23.9 Å². The molecule has 0 bridgehead atoms. The lowest BCUT2D eigenvalue weighted by Crippen LogP contribution is -2.66. The number of aliphatic hydroxyl groups excluding tert-OH is 3. The minimum absolute atomic E-state index is 0.310. The first-order valence-corrected chi connectivity index (χ1v) is 9.42. The summed E-state index contributed by atoms with van der Waals surface area (Å²) in [5.41, 5.74) is 5.40. The fourth-order valence-corrected chi connectivity index (χ4v) is 2.92. The number of rotatable bonds is 10. The highest BCUT2D eigenvalue weighted by Gasteiger charge is 2.46. The Morgan fingerprint density at radius 3 is 2.34 bits per heavy atom. The largest absolute Gasteiger partial charge is 0.394 e. The normalized spacial score (nSPS) is 28.9. The molecule has 29 heavy (non-hydrogen) atoms. The predicted molar refractivity (Wildman–Crippen MR) is 100 cm³/mol. The Labute approximate surface area is 169 Å². The lowest BCUT2D eigenvalue weighted by molar-refractivity contribution is -0.281. The van der Waals surface area contributed by atoms with Crippen LogP contribution in [0.2, 0.25) is 0 Å². The fraction of sp³-hybridized carbons (Fsp3) is 0.824. The van der Waals surface area contributed by atoms with Gasteiger partial charge in [0.05, 0.1) is 12.7 Å². The summed E-state index contributed by atoms with van der Waals surface area (Å²) >= 11 is 0. The first-order valence-electron chi connectivity index (χ1n) is 9.42. The molecule has 0 spiro atoms. The summed E-state index contributed by atoms with van der Waals surface area (Å²) in [6.45, 7) is 4.05. The molecule has 0 aromatic heterocycles. The lowest BCUT2D eigenvalue weighted by Gasteiger charge is -2.43. The third-order valence-corrected chi connectivity index (χ3v) is 4.39. The van der Waals surface area contributed by atoms with Gasteiger partial charge in [0.1, 0.15) is 30.4 Å². The third kappa shape index (κ3) is 7.49. The van der Waals surface area contributed by atoms with Gasteiger partial charge in [0.2, 0.25) is 17.7 Å². The molecule has 7 atom stereocenters. The molecule has 0 radical (unpaired) electrons. The van der Waals surface area contributed by atoms with Crippen LogP contribution in [0, 0.1) is 0 Å². The maximum absolute atomic E-state index is 12.4. The van der Waals surface area contributed by atoms with E-state index in [4.69, 9.17) is 15.2 Å². The van der Waals surface area contributed by atoms with E-state index in [1.165, 1.54) is 20.8 Å². The molecular formula is C17H32N4O8. The van der Waals surface area contributed by atoms with Crippen LogP contribution < -0.4 is 21.7 Å². The summed E-state index contributed by atoms with van der Waals surface area (Å²) in [6, 6.07) is -2.26. The smallest absolute Gasteiger partial charge is 0.245 e. The molecule has 168 valence electrons. The number of hydrogen-bond donors (Lipinski definition) is 7. The van der Waals surface area contributed by atoms with Crippen LogP contribution in [-0.4, -0.2) is 95.5 Å². The van der Waals surface area contributed by atoms with Crippen molar-refractivity contribution in [3.05, 3.63) is 0 Å². The Kier molecular flexibility index (Phi) is 10.4. The van der Waals surface area contributed by atoms with Crippen molar-refractivity contribution in [1.82, 2.24) is 16.0 Å². The van der Waals surface area contributed by atoms with E-state index in [0.29, 0.717) is 19.5 Å². The van der Waals surface area contributed by atoms with Crippen LogP contribution >= 0.6 is 0 Å². The van der Waals surface area contributed by atoms with Gasteiger partial charge in [0.15, 0.2) is 6.29 Å². The number of hydrogen-bond acceptors (Lipinski definition) is 9. The zero-order chi connectivity index (χ0) is 22.1. The van der Waals surface area contributed by atoms with Gasteiger partial charge < -0.3 is 46.5 Å². The van der Waals surface area contributed by atoms with Crippen molar-refractivity contribution < 1.29 is 39.2 Å². The summed E-state index contributed by atoms with van der Waals surface area (Å²) in [5, 5.41) is 37.3. The SMILES string of the molecule is CC(=O)N[C@H]1[C@@H](O[C@H](C)[C@H](NC(C)=O)C(=O)NCCCN)O[C@H](CO)[C@H](O)[C@@H]1O. The zero-order valence-electron chi connectivity index (χ0n) is 16.8. The van der Waals surface area contributed by atoms with Crippen LogP contribution in [0.25, 0.3) is 0 Å². The predicted octanol–water partition coefficient (Wildman–Crippen LogP) is -3.70. The van der Waals surface area contributed by atoms with Gasteiger partial charge in [0.25, 0.3) is 0 Å². The van der Waals surface area contributed by atoms with E-state index in [-0.39, 0.29) is 0 Å². The molecule has 1 rings (SSSR count). The van der Waals surface area contributed by atoms with E-state index in [1.807, 2.05) is 0 Å². The molecule has 8 N–H and O–H groups in total. The Morgan fingerprint density at radius 2 is 1.83 bits per heavy atom. The van der Waals surface area contributed by atoms with Crippen LogP contribution in [0.1, 0.15) is 27.2 Å². The second-order valence-corrected chi connectivity index (χ2v) is 6.89. The summed E-state index contributed by atoms with van der Waals surface area (Å²) in [4.78, 5) is 35.5. The second-order valence-electron chi connectivity index (χ2n) is 6.89. The van der Waals surface area contributed by atoms with E-state index in [9.17, 15) is 29.7 Å². The molecule has 0 unspecified atom stereocenters. The standard InChI is InChI=1S/C17H32N4O8/c1-8(12(20-9(2)23)16(27)19-6-4-5-18)28-17-13(21-10(3)24)15(26)14(25)11(7-22)29-17/h8,11-15,17,22,25-26H,4-7,18H2,1-3H3,(H,19,27)(H,20,23)(H,21,24)/t8-,11-,12+,13-,14+,15-,17+/m1/s1. The van der Waals surface area contributed by atoms with E-state index < -0.39 is 67.1 Å². The van der Waals surface area contributed by atoms with Gasteiger partial charge in [-0.05, 0) is 19.9 Å². The van der Waals surface area contributed by atoms with Crippen molar-refractivity contribution in [2.45, 2.75) is 70.0 Å². The first-order chi connectivity index (χ1) is 13.6. The van der Waals surface area contributed by atoms with Gasteiger partial charge >= 0.3 is 0 Å². The quantitative estimate of drug-likeness (QED) is 0.174. The van der Waals surface area contributed by atoms with Gasteiger partial charge in [-0.3, -0.25) is 14.4 Å². The van der Waals surface area contributed by atoms with Gasteiger partial charge in [0, 0.05) is 20.4 Å². The molecule has 1 aliphatic rings. The van der Waals surface area contributed by atoms with Crippen molar-refractivity contribution >= 4 is 17.7 Å². The van der Waals surface area contributed by atoms with Crippen molar-refractivity contribution in [3.63, 3.8) is 0 Å². The Hall–Kier alpha value is -1.83. The van der Waals surface area contributed by atoms with Crippen LogP contribution in [0.15, 0.2) is 0 Å². The molecule has 0 aliphatic carbocycles. The highest BCUT2D eigenvalue weighted by Crippen LogP contribution is 2.23. The van der Waals surface area contributed by atoms with Crippen LogP contribution in [0.3, 0.4) is 0 Å². The Morgan fingerprint density at radius 1 is 1.17 bits per heavy atom. The van der Waals surface area contributed by atoms with Crippen LogP contribution in [0.4, 0.5) is 0 Å². The van der Waals surface area contributed by atoms with Crippen molar-refractivity contribution in [2.75, 3.05) is 19.7 Å². The van der Waals surface area contributed by atoms with Gasteiger partial charge in [-0.15, -0.1) is 0 Å². The number of ether oxygens (including phenoxy) is 2. The average molecular weight is 420 g/mol. The van der Waals surface area contributed by atoms with Gasteiger partial charge in [-0.25, -0.2) is 0 Å². The summed E-state index contributed by atoms with van der Waals surface area (Å²) in [6.07, 6.45) is -5.80. The van der Waals surface area contributed by atoms with Crippen molar-refractivity contribution in [3.8, 4) is 0 Å². The second kappa shape index (κ2) is 12.0. The number of aliphatic hydroxyl groups is 3. The topological polar surface area (TPSA) is 192 Å². The highest BCUT2D eigenvalue weighted by atomic mass is 16.7. The number of carbonyl (C=O) groups is 3. The molecule has 1 aliphatic heterocycles. The Bertz CT molecular complexity index is 564. The number of amides is 3. The molecule has 0 aromatic carbocycles. The van der Waals surface area contributed by atoms with E-state index >= 15 is 0 Å². The molecule has 0 aromatic rings. The molecule has 12 nitrogen and oxygen atoms in total. The Balaban J connectivity index is 2.96. The monoisotopic (exact) mass is 420 g/mol. The van der Waals surface area contributed by atoms with E-state index in [2.05, 4.69) is 16.0 Å². The maximum atomic E-state index is 12.4. The molecule has 1 heterocycles. The minimum atomic E-state index is -1.49. The summed E-state index contributed by atoms with van der Waals surface area (Å²) in [7, 11) is 0. The average Bonchev–Trinajstić information content (AvgIpc) is 2.65.